The molecule has 3 rings (SSSR count). The largest absolute Gasteiger partial charge is 0.383 e. The first kappa shape index (κ1) is 15.4. The SMILES string of the molecule is COCCNC(=O)c1cc(C)nc(N2CCc3ccccc32)n1. The topological polar surface area (TPSA) is 67.3 Å². The summed E-state index contributed by atoms with van der Waals surface area (Å²) in [6.45, 7) is 3.63. The van der Waals surface area contributed by atoms with Gasteiger partial charge in [0.2, 0.25) is 5.95 Å². The molecule has 1 N–H and O–H groups in total. The third-order valence-corrected chi connectivity index (χ3v) is 3.80. The zero-order valence-electron chi connectivity index (χ0n) is 13.4. The monoisotopic (exact) mass is 312 g/mol. The zero-order chi connectivity index (χ0) is 16.2. The van der Waals surface area contributed by atoms with Gasteiger partial charge >= 0.3 is 0 Å². The fourth-order valence-corrected chi connectivity index (χ4v) is 2.69. The van der Waals surface area contributed by atoms with Gasteiger partial charge in [-0.15, -0.1) is 0 Å². The number of fused-ring (bicyclic) bond motifs is 1. The highest BCUT2D eigenvalue weighted by Gasteiger charge is 2.23. The summed E-state index contributed by atoms with van der Waals surface area (Å²) in [4.78, 5) is 23.2. The van der Waals surface area contributed by atoms with Crippen LogP contribution in [0.4, 0.5) is 11.6 Å². The standard InChI is InChI=1S/C17H20N4O2/c1-12-11-14(16(22)18-8-10-23-2)20-17(19-12)21-9-7-13-5-3-4-6-15(13)21/h3-6,11H,7-10H2,1-2H3,(H,18,22). The number of nitrogens with zero attached hydrogens (tertiary/aromatic N) is 3. The van der Waals surface area contributed by atoms with Crippen molar-refractivity contribution in [3.05, 3.63) is 47.3 Å². The van der Waals surface area contributed by atoms with E-state index in [0.29, 0.717) is 24.8 Å². The number of rotatable bonds is 5. The summed E-state index contributed by atoms with van der Waals surface area (Å²) in [6.07, 6.45) is 0.961. The van der Waals surface area contributed by atoms with E-state index in [1.807, 2.05) is 19.1 Å². The molecule has 0 spiro atoms. The van der Waals surface area contributed by atoms with Gasteiger partial charge in [-0.2, -0.15) is 0 Å². The van der Waals surface area contributed by atoms with Gasteiger partial charge in [0, 0.05) is 31.6 Å². The van der Waals surface area contributed by atoms with Gasteiger partial charge in [-0.05, 0) is 31.0 Å². The molecule has 6 heteroatoms. The predicted octanol–water partition coefficient (Wildman–Crippen LogP) is 1.86. The number of benzene rings is 1. The van der Waals surface area contributed by atoms with Crippen molar-refractivity contribution in [1.82, 2.24) is 15.3 Å². The van der Waals surface area contributed by atoms with Gasteiger partial charge in [-0.3, -0.25) is 4.79 Å². The van der Waals surface area contributed by atoms with Crippen molar-refractivity contribution in [3.63, 3.8) is 0 Å². The number of methoxy groups -OCH3 is 1. The Balaban J connectivity index is 1.85. The summed E-state index contributed by atoms with van der Waals surface area (Å²) in [5, 5.41) is 2.79. The fourth-order valence-electron chi connectivity index (χ4n) is 2.69. The van der Waals surface area contributed by atoms with Gasteiger partial charge in [0.05, 0.1) is 6.61 Å². The van der Waals surface area contributed by atoms with Crippen molar-refractivity contribution in [2.24, 2.45) is 0 Å². The fraction of sp³-hybridized carbons (Fsp3) is 0.353. The van der Waals surface area contributed by atoms with Crippen LogP contribution in [0.15, 0.2) is 30.3 Å². The molecule has 0 aliphatic carbocycles. The molecule has 120 valence electrons. The summed E-state index contributed by atoms with van der Waals surface area (Å²) in [5.41, 5.74) is 3.55. The molecule has 0 saturated carbocycles. The van der Waals surface area contributed by atoms with E-state index in [1.165, 1.54) is 5.56 Å². The van der Waals surface area contributed by atoms with Gasteiger partial charge in [0.15, 0.2) is 0 Å². The molecule has 2 aromatic rings. The Labute approximate surface area is 135 Å². The zero-order valence-corrected chi connectivity index (χ0v) is 13.4. The Hall–Kier alpha value is -2.47. The number of carbonyl (C=O) groups is 1. The lowest BCUT2D eigenvalue weighted by atomic mass is 10.2. The van der Waals surface area contributed by atoms with Gasteiger partial charge < -0.3 is 15.0 Å². The third kappa shape index (κ3) is 3.32. The van der Waals surface area contributed by atoms with Crippen LogP contribution in [-0.2, 0) is 11.2 Å². The Bertz CT molecular complexity index is 717. The first-order chi connectivity index (χ1) is 11.2. The molecule has 1 aliphatic rings. The number of amides is 1. The van der Waals surface area contributed by atoms with Crippen molar-refractivity contribution in [2.75, 3.05) is 31.7 Å². The number of hydrogen-bond acceptors (Lipinski definition) is 5. The van der Waals surface area contributed by atoms with E-state index in [0.717, 1.165) is 24.3 Å². The van der Waals surface area contributed by atoms with Crippen LogP contribution in [0.25, 0.3) is 0 Å². The first-order valence-corrected chi connectivity index (χ1v) is 7.67. The van der Waals surface area contributed by atoms with E-state index < -0.39 is 0 Å². The van der Waals surface area contributed by atoms with Gasteiger partial charge in [0.1, 0.15) is 5.69 Å². The van der Waals surface area contributed by atoms with E-state index in [9.17, 15) is 4.79 Å². The van der Waals surface area contributed by atoms with Crippen LogP contribution in [0.1, 0.15) is 21.7 Å². The van der Waals surface area contributed by atoms with E-state index in [4.69, 9.17) is 4.74 Å². The normalized spacial score (nSPS) is 13.0. The maximum atomic E-state index is 12.2. The van der Waals surface area contributed by atoms with E-state index in [-0.39, 0.29) is 5.91 Å². The molecule has 1 aromatic heterocycles. The van der Waals surface area contributed by atoms with Crippen LogP contribution in [0.3, 0.4) is 0 Å². The quantitative estimate of drug-likeness (QED) is 0.854. The predicted molar refractivity (Wildman–Crippen MR) is 88.1 cm³/mol. The van der Waals surface area contributed by atoms with Crippen LogP contribution in [-0.4, -0.2) is 42.7 Å². The summed E-state index contributed by atoms with van der Waals surface area (Å²) in [5.74, 6) is 0.369. The van der Waals surface area contributed by atoms with Crippen molar-refractivity contribution in [3.8, 4) is 0 Å². The van der Waals surface area contributed by atoms with Gasteiger partial charge in [-0.25, -0.2) is 9.97 Å². The minimum atomic E-state index is -0.207. The second-order valence-electron chi connectivity index (χ2n) is 5.47. The maximum Gasteiger partial charge on any atom is 0.270 e. The number of aromatic nitrogens is 2. The van der Waals surface area contributed by atoms with Gasteiger partial charge in [0.25, 0.3) is 5.91 Å². The smallest absolute Gasteiger partial charge is 0.270 e. The van der Waals surface area contributed by atoms with Crippen LogP contribution in [0, 0.1) is 6.92 Å². The molecule has 0 bridgehead atoms. The number of para-hydroxylation sites is 1. The Morgan fingerprint density at radius 1 is 1.35 bits per heavy atom. The molecule has 6 nitrogen and oxygen atoms in total. The Morgan fingerprint density at radius 3 is 3.00 bits per heavy atom. The summed E-state index contributed by atoms with van der Waals surface area (Å²) < 4.78 is 4.94. The second kappa shape index (κ2) is 6.75. The number of anilines is 2. The average Bonchev–Trinajstić information content (AvgIpc) is 2.98. The van der Waals surface area contributed by atoms with Crippen LogP contribution >= 0.6 is 0 Å². The molecule has 0 atom stereocenters. The first-order valence-electron chi connectivity index (χ1n) is 7.67. The summed E-state index contributed by atoms with van der Waals surface area (Å²) in [6, 6.07) is 9.92. The minimum absolute atomic E-state index is 0.207. The molecule has 23 heavy (non-hydrogen) atoms. The molecular weight excluding hydrogens is 292 g/mol. The van der Waals surface area contributed by atoms with Crippen molar-refractivity contribution in [1.29, 1.82) is 0 Å². The maximum absolute atomic E-state index is 12.2. The van der Waals surface area contributed by atoms with E-state index in [2.05, 4.69) is 32.3 Å². The molecule has 1 amide bonds. The molecule has 2 heterocycles. The number of hydrogen-bond donors (Lipinski definition) is 1. The third-order valence-electron chi connectivity index (χ3n) is 3.80. The molecule has 0 radical (unpaired) electrons. The Kier molecular flexibility index (Phi) is 4.52. The highest BCUT2D eigenvalue weighted by molar-refractivity contribution is 5.92. The van der Waals surface area contributed by atoms with Crippen molar-refractivity contribution >= 4 is 17.5 Å². The molecule has 0 unspecified atom stereocenters. The lowest BCUT2D eigenvalue weighted by Gasteiger charge is -2.18. The van der Waals surface area contributed by atoms with Gasteiger partial charge in [-0.1, -0.05) is 18.2 Å². The highest BCUT2D eigenvalue weighted by Crippen LogP contribution is 2.32. The Morgan fingerprint density at radius 2 is 2.17 bits per heavy atom. The average molecular weight is 312 g/mol. The molecule has 1 aliphatic heterocycles. The van der Waals surface area contributed by atoms with Crippen molar-refractivity contribution in [2.45, 2.75) is 13.3 Å². The molecule has 0 saturated heterocycles. The minimum Gasteiger partial charge on any atom is -0.383 e. The lowest BCUT2D eigenvalue weighted by molar-refractivity contribution is 0.0932. The van der Waals surface area contributed by atoms with E-state index in [1.54, 1.807) is 13.2 Å². The molecular formula is C17H20N4O2. The lowest BCUT2D eigenvalue weighted by Crippen LogP contribution is -2.28. The van der Waals surface area contributed by atoms with Crippen LogP contribution in [0.5, 0.6) is 0 Å². The number of nitrogens with one attached hydrogen (secondary N) is 1. The van der Waals surface area contributed by atoms with Crippen LogP contribution < -0.4 is 10.2 Å². The van der Waals surface area contributed by atoms with E-state index >= 15 is 0 Å². The summed E-state index contributed by atoms with van der Waals surface area (Å²) >= 11 is 0. The number of ether oxygens (including phenoxy) is 1. The second-order valence-corrected chi connectivity index (χ2v) is 5.47. The molecule has 0 fully saturated rings. The van der Waals surface area contributed by atoms with Crippen LogP contribution in [0.2, 0.25) is 0 Å². The summed E-state index contributed by atoms with van der Waals surface area (Å²) in [7, 11) is 1.60. The molecule has 1 aromatic carbocycles. The number of carbonyl (C=O) groups excluding carboxylic acids is 1. The highest BCUT2D eigenvalue weighted by atomic mass is 16.5. The van der Waals surface area contributed by atoms with Crippen molar-refractivity contribution < 1.29 is 9.53 Å². The number of aryl methyl sites for hydroxylation is 1.